The lowest BCUT2D eigenvalue weighted by Gasteiger charge is -2.31. The average Bonchev–Trinajstić information content (AvgIpc) is 2.81. The van der Waals surface area contributed by atoms with Gasteiger partial charge in [0.05, 0.1) is 35.2 Å². The van der Waals surface area contributed by atoms with Crippen LogP contribution in [0.3, 0.4) is 0 Å². The number of halogens is 6. The van der Waals surface area contributed by atoms with E-state index in [1.54, 1.807) is 0 Å². The standard InChI is InChI=1S/C20H19F6N5O4S/c21-19(22,23)5-10-36(34,35)30-18(33)15-16(31-8-6-27-7-9-31)13(11-28-29-15)17(32)12-3-1-2-4-14(12)20(24,25)26/h1-4,11,27H,5-10H2,(H,30,33). The molecule has 1 aliphatic heterocycles. The van der Waals surface area contributed by atoms with E-state index in [1.165, 1.54) is 15.7 Å². The van der Waals surface area contributed by atoms with Gasteiger partial charge in [0, 0.05) is 31.7 Å². The number of hydrogen-bond donors (Lipinski definition) is 2. The smallest absolute Gasteiger partial charge is 0.366 e. The zero-order valence-corrected chi connectivity index (χ0v) is 19.1. The van der Waals surface area contributed by atoms with Crippen molar-refractivity contribution < 1.29 is 44.3 Å². The molecule has 1 fully saturated rings. The molecule has 2 N–H and O–H groups in total. The molecule has 1 saturated heterocycles. The van der Waals surface area contributed by atoms with Crippen LogP contribution in [0.4, 0.5) is 32.0 Å². The second kappa shape index (κ2) is 10.4. The molecule has 1 aliphatic rings. The molecule has 0 saturated carbocycles. The van der Waals surface area contributed by atoms with E-state index < -0.39 is 68.6 Å². The van der Waals surface area contributed by atoms with Gasteiger partial charge >= 0.3 is 12.4 Å². The fourth-order valence-corrected chi connectivity index (χ4v) is 4.45. The molecule has 2 heterocycles. The molecule has 9 nitrogen and oxygen atoms in total. The van der Waals surface area contributed by atoms with E-state index >= 15 is 0 Å². The molecule has 3 rings (SSSR count). The fraction of sp³-hybridized carbons (Fsp3) is 0.400. The highest BCUT2D eigenvalue weighted by Gasteiger charge is 2.37. The molecule has 0 spiro atoms. The second-order valence-electron chi connectivity index (χ2n) is 7.68. The number of piperazine rings is 1. The van der Waals surface area contributed by atoms with Crippen molar-refractivity contribution in [1.82, 2.24) is 20.2 Å². The summed E-state index contributed by atoms with van der Waals surface area (Å²) in [6, 6.07) is 3.94. The summed E-state index contributed by atoms with van der Waals surface area (Å²) < 4.78 is 103. The highest BCUT2D eigenvalue weighted by Crippen LogP contribution is 2.34. The lowest BCUT2D eigenvalue weighted by molar-refractivity contribution is -0.138. The maximum Gasteiger partial charge on any atom is 0.417 e. The van der Waals surface area contributed by atoms with Crippen molar-refractivity contribution in [3.05, 3.63) is 52.8 Å². The number of ketones is 1. The van der Waals surface area contributed by atoms with Gasteiger partial charge in [-0.2, -0.15) is 31.4 Å². The van der Waals surface area contributed by atoms with E-state index in [9.17, 15) is 44.3 Å². The molecule has 0 atom stereocenters. The number of carbonyl (C=O) groups excluding carboxylic acids is 2. The van der Waals surface area contributed by atoms with Gasteiger partial charge in [-0.25, -0.2) is 13.1 Å². The van der Waals surface area contributed by atoms with E-state index in [2.05, 4.69) is 15.5 Å². The van der Waals surface area contributed by atoms with E-state index in [4.69, 9.17) is 0 Å². The molecule has 1 aromatic heterocycles. The number of benzene rings is 1. The molecular formula is C20H19F6N5O4S. The highest BCUT2D eigenvalue weighted by atomic mass is 32.2. The van der Waals surface area contributed by atoms with Gasteiger partial charge in [-0.1, -0.05) is 18.2 Å². The van der Waals surface area contributed by atoms with E-state index in [-0.39, 0.29) is 18.8 Å². The third-order valence-corrected chi connectivity index (χ3v) is 6.33. The van der Waals surface area contributed by atoms with Gasteiger partial charge in [-0.3, -0.25) is 9.59 Å². The summed E-state index contributed by atoms with van der Waals surface area (Å²) in [6.07, 6.45) is -10.6. The van der Waals surface area contributed by atoms with Crippen LogP contribution in [0.5, 0.6) is 0 Å². The van der Waals surface area contributed by atoms with Gasteiger partial charge in [0.15, 0.2) is 11.5 Å². The Labute approximate surface area is 200 Å². The molecule has 0 bridgehead atoms. The van der Waals surface area contributed by atoms with Gasteiger partial charge in [-0.15, -0.1) is 5.10 Å². The summed E-state index contributed by atoms with van der Waals surface area (Å²) in [5.74, 6) is -4.08. The van der Waals surface area contributed by atoms with Crippen LogP contribution in [0.2, 0.25) is 0 Å². The van der Waals surface area contributed by atoms with Crippen molar-refractivity contribution in [2.45, 2.75) is 18.8 Å². The minimum atomic E-state index is -4.88. The summed E-state index contributed by atoms with van der Waals surface area (Å²) in [4.78, 5) is 27.5. The van der Waals surface area contributed by atoms with Crippen LogP contribution in [0.1, 0.15) is 38.4 Å². The lowest BCUT2D eigenvalue weighted by atomic mass is 9.97. The molecule has 16 heteroatoms. The Morgan fingerprint density at radius 1 is 1.03 bits per heavy atom. The molecule has 36 heavy (non-hydrogen) atoms. The van der Waals surface area contributed by atoms with Gasteiger partial charge < -0.3 is 10.2 Å². The quantitative estimate of drug-likeness (QED) is 0.406. The normalized spacial score (nSPS) is 15.0. The topological polar surface area (TPSA) is 121 Å². The minimum absolute atomic E-state index is 0.161. The maximum atomic E-state index is 13.5. The monoisotopic (exact) mass is 539 g/mol. The third-order valence-electron chi connectivity index (χ3n) is 5.10. The number of anilines is 1. The molecule has 0 radical (unpaired) electrons. The summed E-state index contributed by atoms with van der Waals surface area (Å²) in [6.45, 7) is 1.02. The summed E-state index contributed by atoms with van der Waals surface area (Å²) in [5.41, 5.74) is -3.45. The minimum Gasteiger partial charge on any atom is -0.366 e. The van der Waals surface area contributed by atoms with E-state index in [0.29, 0.717) is 19.2 Å². The number of nitrogens with one attached hydrogen (secondary N) is 2. The number of carbonyl (C=O) groups is 2. The van der Waals surface area contributed by atoms with Crippen molar-refractivity contribution in [2.75, 3.05) is 36.8 Å². The molecule has 2 aromatic rings. The number of hydrogen-bond acceptors (Lipinski definition) is 8. The largest absolute Gasteiger partial charge is 0.417 e. The highest BCUT2D eigenvalue weighted by molar-refractivity contribution is 7.90. The van der Waals surface area contributed by atoms with Crippen LogP contribution in [-0.2, 0) is 16.2 Å². The van der Waals surface area contributed by atoms with Crippen molar-refractivity contribution in [2.24, 2.45) is 0 Å². The second-order valence-corrected chi connectivity index (χ2v) is 9.52. The van der Waals surface area contributed by atoms with Gasteiger partial charge in [-0.05, 0) is 6.07 Å². The number of rotatable bonds is 7. The zero-order chi connectivity index (χ0) is 26.7. The summed E-state index contributed by atoms with van der Waals surface area (Å²) >= 11 is 0. The first-order valence-corrected chi connectivity index (χ1v) is 12.0. The van der Waals surface area contributed by atoms with Crippen molar-refractivity contribution in [3.63, 3.8) is 0 Å². The average molecular weight is 539 g/mol. The van der Waals surface area contributed by atoms with Gasteiger partial charge in [0.25, 0.3) is 5.91 Å². The maximum absolute atomic E-state index is 13.5. The first-order chi connectivity index (χ1) is 16.7. The molecule has 0 unspecified atom stereocenters. The Morgan fingerprint density at radius 2 is 1.67 bits per heavy atom. The first-order valence-electron chi connectivity index (χ1n) is 10.3. The van der Waals surface area contributed by atoms with Crippen LogP contribution in [0.25, 0.3) is 0 Å². The molecule has 0 aliphatic carbocycles. The summed E-state index contributed by atoms with van der Waals surface area (Å²) in [7, 11) is -4.77. The van der Waals surface area contributed by atoms with Crippen LogP contribution >= 0.6 is 0 Å². The van der Waals surface area contributed by atoms with E-state index in [0.717, 1.165) is 18.3 Å². The van der Waals surface area contributed by atoms with E-state index in [1.807, 2.05) is 0 Å². The predicted molar refractivity (Wildman–Crippen MR) is 114 cm³/mol. The van der Waals surface area contributed by atoms with Gasteiger partial charge in [0.1, 0.15) is 0 Å². The SMILES string of the molecule is O=C(c1ccccc1C(F)(F)F)c1cnnc(C(=O)NS(=O)(=O)CCC(F)(F)F)c1N1CCNCC1. The van der Waals surface area contributed by atoms with Crippen LogP contribution < -0.4 is 14.9 Å². The van der Waals surface area contributed by atoms with Crippen molar-refractivity contribution in [1.29, 1.82) is 0 Å². The molecule has 1 aromatic carbocycles. The summed E-state index contributed by atoms with van der Waals surface area (Å²) in [5, 5.41) is 10.1. The predicted octanol–water partition coefficient (Wildman–Crippen LogP) is 2.15. The molecule has 196 valence electrons. The Hall–Kier alpha value is -3.27. The van der Waals surface area contributed by atoms with Gasteiger partial charge in [0.2, 0.25) is 10.0 Å². The number of amides is 1. The number of aromatic nitrogens is 2. The van der Waals surface area contributed by atoms with Crippen LogP contribution in [0, 0.1) is 0 Å². The van der Waals surface area contributed by atoms with Crippen LogP contribution in [-0.4, -0.2) is 68.4 Å². The van der Waals surface area contributed by atoms with Crippen molar-refractivity contribution >= 4 is 27.4 Å². The number of nitrogens with zero attached hydrogens (tertiary/aromatic N) is 3. The Balaban J connectivity index is 2.07. The Morgan fingerprint density at radius 3 is 2.28 bits per heavy atom. The number of alkyl halides is 6. The fourth-order valence-electron chi connectivity index (χ4n) is 3.47. The lowest BCUT2D eigenvalue weighted by Crippen LogP contribution is -2.45. The van der Waals surface area contributed by atoms with Crippen LogP contribution in [0.15, 0.2) is 30.5 Å². The molecule has 1 amide bonds. The Bertz CT molecular complexity index is 1240. The Kier molecular flexibility index (Phi) is 7.88. The third kappa shape index (κ3) is 6.69. The number of sulfonamides is 1. The zero-order valence-electron chi connectivity index (χ0n) is 18.3. The van der Waals surface area contributed by atoms with Crippen molar-refractivity contribution in [3.8, 4) is 0 Å². The first kappa shape index (κ1) is 27.3. The molecular weight excluding hydrogens is 520 g/mol.